The van der Waals surface area contributed by atoms with E-state index in [1.165, 1.54) is 11.3 Å². The van der Waals surface area contributed by atoms with Crippen LogP contribution >= 0.6 is 23.1 Å². The highest BCUT2D eigenvalue weighted by atomic mass is 32.2. The van der Waals surface area contributed by atoms with Crippen molar-refractivity contribution in [3.63, 3.8) is 0 Å². The predicted molar refractivity (Wildman–Crippen MR) is 169 cm³/mol. The number of carbonyl (C=O) groups excluding carboxylic acids is 2. The lowest BCUT2D eigenvalue weighted by molar-refractivity contribution is -0.145. The number of benzene rings is 3. The van der Waals surface area contributed by atoms with Crippen LogP contribution in [-0.4, -0.2) is 42.1 Å². The lowest BCUT2D eigenvalue weighted by Crippen LogP contribution is -2.40. The summed E-state index contributed by atoms with van der Waals surface area (Å²) in [4.78, 5) is 45.9. The summed E-state index contributed by atoms with van der Waals surface area (Å²) in [6, 6.07) is 18.5. The number of thioether (sulfide) groups is 1. The van der Waals surface area contributed by atoms with Crippen molar-refractivity contribution in [3.05, 3.63) is 103 Å². The third-order valence-electron chi connectivity index (χ3n) is 6.87. The second kappa shape index (κ2) is 13.0. The monoisotopic (exact) mass is 616 g/mol. The minimum Gasteiger partial charge on any atom is -0.481 e. The maximum atomic E-state index is 14.2. The molecule has 1 aromatic heterocycles. The standard InChI is InChI=1S/C33H32N2O6S2/c1-6-39-28(36)18-40-26-16-13-21-9-7-8-10-24(21)25(26)17-27-31(37)35-30(22-11-14-23(42-5)15-12-22)29(32(38)41-19(2)3)20(4)34-33(35)43-27/h7-17,19,30H,6,18H2,1-5H3/b27-17-/t30-/m0/s1. The number of fused-ring (bicyclic) bond motifs is 2. The van der Waals surface area contributed by atoms with Crippen molar-refractivity contribution in [2.75, 3.05) is 19.5 Å². The normalized spacial score (nSPS) is 14.9. The van der Waals surface area contributed by atoms with Gasteiger partial charge in [0.15, 0.2) is 11.4 Å². The van der Waals surface area contributed by atoms with Gasteiger partial charge in [-0.3, -0.25) is 9.36 Å². The Morgan fingerprint density at radius 2 is 1.84 bits per heavy atom. The second-order valence-corrected chi connectivity index (χ2v) is 12.0. The highest BCUT2D eigenvalue weighted by Gasteiger charge is 2.33. The second-order valence-electron chi connectivity index (χ2n) is 10.1. The van der Waals surface area contributed by atoms with Crippen LogP contribution in [0.25, 0.3) is 16.8 Å². The molecule has 4 aromatic rings. The third kappa shape index (κ3) is 6.30. The fraction of sp³-hybridized carbons (Fsp3) is 0.273. The molecule has 10 heteroatoms. The zero-order valence-corrected chi connectivity index (χ0v) is 26.2. The van der Waals surface area contributed by atoms with Gasteiger partial charge in [-0.05, 0) is 74.6 Å². The van der Waals surface area contributed by atoms with E-state index in [0.717, 1.165) is 21.2 Å². The average Bonchev–Trinajstić information content (AvgIpc) is 3.29. The first kappa shape index (κ1) is 30.3. The number of allylic oxidation sites excluding steroid dienone is 1. The summed E-state index contributed by atoms with van der Waals surface area (Å²) in [7, 11) is 0. The Morgan fingerprint density at radius 1 is 1.09 bits per heavy atom. The maximum Gasteiger partial charge on any atom is 0.344 e. The summed E-state index contributed by atoms with van der Waals surface area (Å²) in [6.45, 7) is 7.07. The van der Waals surface area contributed by atoms with Crippen LogP contribution in [0.4, 0.5) is 0 Å². The van der Waals surface area contributed by atoms with Gasteiger partial charge in [-0.1, -0.05) is 53.8 Å². The highest BCUT2D eigenvalue weighted by molar-refractivity contribution is 7.98. The first-order valence-electron chi connectivity index (χ1n) is 13.9. The van der Waals surface area contributed by atoms with E-state index in [4.69, 9.17) is 19.2 Å². The molecule has 0 spiro atoms. The molecule has 3 aromatic carbocycles. The van der Waals surface area contributed by atoms with Crippen LogP contribution in [0.3, 0.4) is 0 Å². The number of carbonyl (C=O) groups is 2. The zero-order valence-electron chi connectivity index (χ0n) is 24.6. The van der Waals surface area contributed by atoms with Crippen molar-refractivity contribution in [1.82, 2.24) is 4.57 Å². The van der Waals surface area contributed by atoms with Gasteiger partial charge in [-0.25, -0.2) is 14.6 Å². The number of nitrogens with zero attached hydrogens (tertiary/aromatic N) is 2. The minimum atomic E-state index is -0.715. The molecule has 8 nitrogen and oxygen atoms in total. The van der Waals surface area contributed by atoms with Crippen molar-refractivity contribution in [1.29, 1.82) is 0 Å². The Morgan fingerprint density at radius 3 is 2.53 bits per heavy atom. The quantitative estimate of drug-likeness (QED) is 0.193. The van der Waals surface area contributed by atoms with Crippen LogP contribution in [0.2, 0.25) is 0 Å². The molecule has 2 heterocycles. The molecule has 0 radical (unpaired) electrons. The van der Waals surface area contributed by atoms with Gasteiger partial charge in [0.2, 0.25) is 0 Å². The molecule has 0 fully saturated rings. The third-order valence-corrected chi connectivity index (χ3v) is 8.60. The van der Waals surface area contributed by atoms with E-state index in [2.05, 4.69) is 0 Å². The van der Waals surface area contributed by atoms with E-state index >= 15 is 0 Å². The molecule has 1 aliphatic heterocycles. The lowest BCUT2D eigenvalue weighted by atomic mass is 9.96. The summed E-state index contributed by atoms with van der Waals surface area (Å²) < 4.78 is 18.5. The fourth-order valence-corrected chi connectivity index (χ4v) is 6.42. The molecule has 0 aliphatic carbocycles. The van der Waals surface area contributed by atoms with Crippen LogP contribution in [0.15, 0.2) is 86.6 Å². The number of ether oxygens (including phenoxy) is 3. The van der Waals surface area contributed by atoms with Gasteiger partial charge in [-0.15, -0.1) is 11.8 Å². The average molecular weight is 617 g/mol. The number of aromatic nitrogens is 1. The SMILES string of the molecule is CCOC(=O)COc1ccc2ccccc2c1/C=c1\sc2n(c1=O)[C@@H](c1ccc(SC)cc1)C(C(=O)OC(C)C)=C(C)N=2. The molecule has 0 bridgehead atoms. The molecular formula is C33H32N2O6S2. The largest absolute Gasteiger partial charge is 0.481 e. The van der Waals surface area contributed by atoms with E-state index in [1.807, 2.05) is 60.9 Å². The number of hydrogen-bond donors (Lipinski definition) is 0. The van der Waals surface area contributed by atoms with Crippen LogP contribution in [0.5, 0.6) is 5.75 Å². The molecular weight excluding hydrogens is 585 g/mol. The van der Waals surface area contributed by atoms with E-state index < -0.39 is 18.0 Å². The Labute approximate surface area is 257 Å². The van der Waals surface area contributed by atoms with Gasteiger partial charge in [0.25, 0.3) is 5.56 Å². The topological polar surface area (TPSA) is 96.2 Å². The first-order chi connectivity index (χ1) is 20.7. The Balaban J connectivity index is 1.70. The van der Waals surface area contributed by atoms with Gasteiger partial charge >= 0.3 is 11.9 Å². The molecule has 5 rings (SSSR count). The summed E-state index contributed by atoms with van der Waals surface area (Å²) in [5, 5.41) is 1.81. The Bertz CT molecular complexity index is 1900. The zero-order chi connectivity index (χ0) is 30.7. The van der Waals surface area contributed by atoms with Crippen molar-refractivity contribution >= 4 is 51.9 Å². The van der Waals surface area contributed by atoms with E-state index in [9.17, 15) is 14.4 Å². The maximum absolute atomic E-state index is 14.2. The van der Waals surface area contributed by atoms with E-state index in [1.54, 1.807) is 56.2 Å². The number of hydrogen-bond acceptors (Lipinski definition) is 9. The summed E-state index contributed by atoms with van der Waals surface area (Å²) in [5.41, 5.74) is 1.96. The van der Waals surface area contributed by atoms with Gasteiger partial charge in [0, 0.05) is 10.5 Å². The van der Waals surface area contributed by atoms with Gasteiger partial charge < -0.3 is 14.2 Å². The predicted octanol–water partition coefficient (Wildman–Crippen LogP) is 5.00. The van der Waals surface area contributed by atoms with Crippen molar-refractivity contribution < 1.29 is 23.8 Å². The molecule has 1 aliphatic rings. The first-order valence-corrected chi connectivity index (χ1v) is 15.9. The smallest absolute Gasteiger partial charge is 0.344 e. The summed E-state index contributed by atoms with van der Waals surface area (Å²) >= 11 is 2.85. The fourth-order valence-electron chi connectivity index (χ4n) is 4.98. The van der Waals surface area contributed by atoms with Crippen LogP contribution in [0.1, 0.15) is 44.9 Å². The molecule has 0 saturated heterocycles. The number of rotatable bonds is 9. The molecule has 0 amide bonds. The minimum absolute atomic E-state index is 0.251. The van der Waals surface area contributed by atoms with Crippen molar-refractivity contribution in [3.8, 4) is 5.75 Å². The molecule has 0 unspecified atom stereocenters. The van der Waals surface area contributed by atoms with Crippen LogP contribution in [-0.2, 0) is 19.1 Å². The number of thiazole rings is 1. The summed E-state index contributed by atoms with van der Waals surface area (Å²) in [5.74, 6) is -0.544. The Kier molecular flexibility index (Phi) is 9.17. The summed E-state index contributed by atoms with van der Waals surface area (Å²) in [6.07, 6.45) is 3.42. The van der Waals surface area contributed by atoms with E-state index in [0.29, 0.717) is 31.9 Å². The molecule has 43 heavy (non-hydrogen) atoms. The molecule has 1 atom stereocenters. The lowest BCUT2D eigenvalue weighted by Gasteiger charge is -2.25. The van der Waals surface area contributed by atoms with Gasteiger partial charge in [0.1, 0.15) is 5.75 Å². The molecule has 222 valence electrons. The van der Waals surface area contributed by atoms with Gasteiger partial charge in [-0.2, -0.15) is 0 Å². The van der Waals surface area contributed by atoms with Crippen LogP contribution in [0, 0.1) is 0 Å². The van der Waals surface area contributed by atoms with E-state index in [-0.39, 0.29) is 24.9 Å². The number of esters is 2. The highest BCUT2D eigenvalue weighted by Crippen LogP contribution is 2.32. The molecule has 0 saturated carbocycles. The van der Waals surface area contributed by atoms with Crippen molar-refractivity contribution in [2.45, 2.75) is 44.7 Å². The Hall–Kier alpha value is -4.15. The van der Waals surface area contributed by atoms with Crippen LogP contribution < -0.4 is 19.6 Å². The molecule has 0 N–H and O–H groups in total. The van der Waals surface area contributed by atoms with Gasteiger partial charge in [0.05, 0.1) is 34.6 Å². The van der Waals surface area contributed by atoms with Crippen molar-refractivity contribution in [2.24, 2.45) is 4.99 Å².